The van der Waals surface area contributed by atoms with Crippen molar-refractivity contribution in [2.45, 2.75) is 89.7 Å². The minimum absolute atomic E-state index is 0.0481. The Kier molecular flexibility index (Phi) is 9.20. The maximum atomic E-state index is 14.2. The van der Waals surface area contributed by atoms with Crippen LogP contribution < -0.4 is 0 Å². The molecule has 1 aliphatic carbocycles. The van der Waals surface area contributed by atoms with E-state index in [1.165, 1.54) is 6.08 Å². The molecule has 3 nitrogen and oxygen atoms in total. The molecule has 0 spiro atoms. The predicted molar refractivity (Wildman–Crippen MR) is 101 cm³/mol. The second kappa shape index (κ2) is 10.3. The number of alkyl halides is 3. The molecule has 1 saturated carbocycles. The molecule has 9 heteroatoms. The van der Waals surface area contributed by atoms with Crippen molar-refractivity contribution in [1.82, 2.24) is 0 Å². The van der Waals surface area contributed by atoms with Crippen LogP contribution in [0.3, 0.4) is 0 Å². The molecule has 30 heavy (non-hydrogen) atoms. The van der Waals surface area contributed by atoms with Crippen molar-refractivity contribution in [3.63, 3.8) is 0 Å². The lowest BCUT2D eigenvalue weighted by molar-refractivity contribution is -0.232. The zero-order valence-corrected chi connectivity index (χ0v) is 17.4. The lowest BCUT2D eigenvalue weighted by Gasteiger charge is -2.25. The Morgan fingerprint density at radius 2 is 1.57 bits per heavy atom. The third-order valence-electron chi connectivity index (χ3n) is 5.19. The van der Waals surface area contributed by atoms with Gasteiger partial charge in [-0.1, -0.05) is 19.9 Å². The van der Waals surface area contributed by atoms with Crippen molar-refractivity contribution < 1.29 is 41.7 Å². The molecule has 174 valence electrons. The van der Waals surface area contributed by atoms with Crippen LogP contribution in [0.4, 0.5) is 26.3 Å². The molecule has 0 aromatic carbocycles. The number of allylic oxidation sites excluding steroid dienone is 4. The molecular weight excluding hydrogens is 414 g/mol. The maximum absolute atomic E-state index is 14.2. The Balaban J connectivity index is 2.66. The van der Waals surface area contributed by atoms with E-state index >= 15 is 0 Å². The highest BCUT2D eigenvalue weighted by molar-refractivity contribution is 5.29. The summed E-state index contributed by atoms with van der Waals surface area (Å²) in [5.74, 6) is -4.34. The largest absolute Gasteiger partial charge is 0.420 e. The van der Waals surface area contributed by atoms with Gasteiger partial charge in [-0.15, -0.1) is 0 Å². The van der Waals surface area contributed by atoms with Crippen LogP contribution in [0.1, 0.15) is 65.7 Å². The summed E-state index contributed by atoms with van der Waals surface area (Å²) in [6.07, 6.45) is -5.07. The zero-order valence-electron chi connectivity index (χ0n) is 17.4. The van der Waals surface area contributed by atoms with Gasteiger partial charge in [0.1, 0.15) is 5.83 Å². The van der Waals surface area contributed by atoms with E-state index in [4.69, 9.17) is 0 Å². The first kappa shape index (κ1) is 26.7. The molecule has 3 N–H and O–H groups in total. The molecule has 0 heterocycles. The van der Waals surface area contributed by atoms with Gasteiger partial charge in [0.2, 0.25) is 0 Å². The van der Waals surface area contributed by atoms with Gasteiger partial charge in [0, 0.05) is 6.42 Å². The van der Waals surface area contributed by atoms with Crippen LogP contribution in [0, 0.1) is 5.41 Å². The van der Waals surface area contributed by atoms with Gasteiger partial charge in [-0.25, -0.2) is 13.2 Å². The van der Waals surface area contributed by atoms with Crippen molar-refractivity contribution in [3.05, 3.63) is 35.2 Å². The Morgan fingerprint density at radius 1 is 1.03 bits per heavy atom. The first-order chi connectivity index (χ1) is 13.6. The van der Waals surface area contributed by atoms with Gasteiger partial charge in [-0.2, -0.15) is 13.2 Å². The van der Waals surface area contributed by atoms with Crippen LogP contribution in [0.25, 0.3) is 0 Å². The van der Waals surface area contributed by atoms with Gasteiger partial charge in [-0.05, 0) is 62.5 Å². The monoisotopic (exact) mass is 444 g/mol. The molecule has 1 aliphatic rings. The van der Waals surface area contributed by atoms with E-state index in [1.807, 2.05) is 0 Å². The fraction of sp³-hybridized carbons (Fsp3) is 0.714. The zero-order chi connectivity index (χ0) is 23.3. The lowest BCUT2D eigenvalue weighted by Crippen LogP contribution is -2.40. The van der Waals surface area contributed by atoms with Gasteiger partial charge in [0.05, 0.1) is 12.2 Å². The molecule has 0 amide bonds. The number of hydrogen-bond donors (Lipinski definition) is 3. The number of hydrogen-bond acceptors (Lipinski definition) is 3. The molecule has 3 atom stereocenters. The normalized spacial score (nSPS) is 24.1. The highest BCUT2D eigenvalue weighted by Gasteiger charge is 2.47. The van der Waals surface area contributed by atoms with Crippen molar-refractivity contribution in [3.8, 4) is 0 Å². The topological polar surface area (TPSA) is 60.7 Å². The molecule has 0 aromatic heterocycles. The number of rotatable bonds is 8. The molecule has 0 saturated heterocycles. The summed E-state index contributed by atoms with van der Waals surface area (Å²) < 4.78 is 80.1. The third-order valence-corrected chi connectivity index (χ3v) is 5.19. The molecular formula is C21H30F6O3. The third kappa shape index (κ3) is 8.07. The van der Waals surface area contributed by atoms with Crippen LogP contribution >= 0.6 is 0 Å². The molecule has 0 aliphatic heterocycles. The van der Waals surface area contributed by atoms with E-state index in [2.05, 4.69) is 0 Å². The summed E-state index contributed by atoms with van der Waals surface area (Å²) in [6.45, 7) is 4.09. The Hall–Kier alpha value is -1.32. The molecule has 0 unspecified atom stereocenters. The highest BCUT2D eigenvalue weighted by Crippen LogP contribution is 2.35. The first-order valence-corrected chi connectivity index (χ1v) is 9.80. The first-order valence-electron chi connectivity index (χ1n) is 9.80. The Morgan fingerprint density at radius 3 is 2.07 bits per heavy atom. The Bertz CT molecular complexity index is 665. The van der Waals surface area contributed by atoms with Crippen molar-refractivity contribution in [2.24, 2.45) is 5.41 Å². The minimum atomic E-state index is -4.80. The fourth-order valence-electron chi connectivity index (χ4n) is 3.22. The highest BCUT2D eigenvalue weighted by atomic mass is 19.4. The quantitative estimate of drug-likeness (QED) is 0.331. The van der Waals surface area contributed by atoms with E-state index in [9.17, 15) is 41.7 Å². The van der Waals surface area contributed by atoms with Gasteiger partial charge in [-0.3, -0.25) is 0 Å². The van der Waals surface area contributed by atoms with Crippen molar-refractivity contribution in [1.29, 1.82) is 0 Å². The summed E-state index contributed by atoms with van der Waals surface area (Å²) in [5.41, 5.74) is -3.67. The molecule has 0 aromatic rings. The predicted octanol–water partition coefficient (Wildman–Crippen LogP) is 5.72. The van der Waals surface area contributed by atoms with E-state index in [0.717, 1.165) is 0 Å². The van der Waals surface area contributed by atoms with Gasteiger partial charge >= 0.3 is 6.18 Å². The van der Waals surface area contributed by atoms with Gasteiger partial charge in [0.25, 0.3) is 0 Å². The van der Waals surface area contributed by atoms with E-state index in [0.29, 0.717) is 19.4 Å². The molecule has 1 rings (SSSR count). The molecule has 0 radical (unpaired) electrons. The molecule has 1 fully saturated rings. The number of aliphatic hydroxyl groups is 3. The second-order valence-corrected chi connectivity index (χ2v) is 8.86. The molecule has 0 bridgehead atoms. The average Bonchev–Trinajstić information content (AvgIpc) is 2.57. The van der Waals surface area contributed by atoms with Crippen molar-refractivity contribution in [2.75, 3.05) is 0 Å². The second-order valence-electron chi connectivity index (χ2n) is 8.86. The van der Waals surface area contributed by atoms with E-state index < -0.39 is 53.3 Å². The summed E-state index contributed by atoms with van der Waals surface area (Å²) in [5, 5.41) is 28.4. The van der Waals surface area contributed by atoms with E-state index in [1.54, 1.807) is 13.8 Å². The van der Waals surface area contributed by atoms with Crippen LogP contribution in [-0.2, 0) is 0 Å². The van der Waals surface area contributed by atoms with E-state index in [-0.39, 0.29) is 37.7 Å². The average molecular weight is 444 g/mol. The maximum Gasteiger partial charge on any atom is 0.420 e. The summed E-state index contributed by atoms with van der Waals surface area (Å²) >= 11 is 0. The van der Waals surface area contributed by atoms with Crippen molar-refractivity contribution >= 4 is 0 Å². The summed E-state index contributed by atoms with van der Waals surface area (Å²) in [7, 11) is 0. The van der Waals surface area contributed by atoms with Crippen LogP contribution in [-0.4, -0.2) is 39.3 Å². The fourth-order valence-corrected chi connectivity index (χ4v) is 3.22. The van der Waals surface area contributed by atoms with Crippen LogP contribution in [0.2, 0.25) is 0 Å². The van der Waals surface area contributed by atoms with Crippen LogP contribution in [0.15, 0.2) is 35.2 Å². The SMILES string of the molecule is CC(C)(C/C=C/[C@@](C)(O)C(F)(F)F)CCC/C(F)=C(\F)C(F)=C1C[C@@H](O)C[C@H](O)C1. The lowest BCUT2D eigenvalue weighted by atomic mass is 9.83. The standard InChI is InChI=1S/C21H30F6O3/c1-19(2,8-5-9-20(3,30)21(25,26)27)7-4-6-16(22)18(24)17(23)13-10-14(28)12-15(29)11-13/h5,9,14-15,28-30H,4,6-8,10-12H2,1-3H3/b9-5+,18-16+/t14-,15-,20-/m1/s1. The summed E-state index contributed by atoms with van der Waals surface area (Å²) in [4.78, 5) is 0. The Labute approximate surface area is 172 Å². The summed E-state index contributed by atoms with van der Waals surface area (Å²) in [6, 6.07) is 0. The smallest absolute Gasteiger partial charge is 0.393 e. The number of halogens is 6. The van der Waals surface area contributed by atoms with Gasteiger partial charge in [0.15, 0.2) is 17.3 Å². The van der Waals surface area contributed by atoms with Crippen LogP contribution in [0.5, 0.6) is 0 Å². The van der Waals surface area contributed by atoms with Gasteiger partial charge < -0.3 is 15.3 Å². The minimum Gasteiger partial charge on any atom is -0.393 e. The number of aliphatic hydroxyl groups excluding tert-OH is 2.